The van der Waals surface area contributed by atoms with Crippen LogP contribution in [-0.2, 0) is 19.1 Å². The van der Waals surface area contributed by atoms with Crippen molar-refractivity contribution in [1.29, 1.82) is 0 Å². The molecule has 0 heterocycles. The molecule has 0 unspecified atom stereocenters. The van der Waals surface area contributed by atoms with Gasteiger partial charge in [-0.1, -0.05) is 6.92 Å². The van der Waals surface area contributed by atoms with Crippen molar-refractivity contribution in [3.63, 3.8) is 0 Å². The van der Waals surface area contributed by atoms with Crippen LogP contribution in [0, 0.1) is 0 Å². The molecule has 0 spiro atoms. The molecule has 1 atom stereocenters. The lowest BCUT2D eigenvalue weighted by atomic mass is 10.3. The SMILES string of the molecule is CC[C@H](OS(=O)(=O)C(F)(F)F)C(=O)O. The molecule has 0 fully saturated rings. The second-order valence-corrected chi connectivity index (χ2v) is 3.79. The van der Waals surface area contributed by atoms with Crippen LogP contribution in [0.1, 0.15) is 13.3 Å². The number of rotatable bonds is 4. The first-order valence-corrected chi connectivity index (χ1v) is 4.75. The molecular formula is C5H7F3O5S. The number of alkyl halides is 3. The van der Waals surface area contributed by atoms with Crippen molar-refractivity contribution in [2.75, 3.05) is 0 Å². The summed E-state index contributed by atoms with van der Waals surface area (Å²) in [5.41, 5.74) is -5.60. The Hall–Kier alpha value is -0.830. The van der Waals surface area contributed by atoms with E-state index in [1.807, 2.05) is 0 Å². The van der Waals surface area contributed by atoms with E-state index in [4.69, 9.17) is 5.11 Å². The Kier molecular flexibility index (Phi) is 3.89. The van der Waals surface area contributed by atoms with Crippen LogP contribution in [0.5, 0.6) is 0 Å². The molecule has 0 aliphatic carbocycles. The Morgan fingerprint density at radius 2 is 1.93 bits per heavy atom. The van der Waals surface area contributed by atoms with Gasteiger partial charge in [-0.25, -0.2) is 8.98 Å². The lowest BCUT2D eigenvalue weighted by molar-refractivity contribution is -0.145. The zero-order valence-corrected chi connectivity index (χ0v) is 7.72. The van der Waals surface area contributed by atoms with Crippen molar-refractivity contribution in [2.45, 2.75) is 25.0 Å². The molecule has 0 bridgehead atoms. The fourth-order valence-corrected chi connectivity index (χ4v) is 1.12. The van der Waals surface area contributed by atoms with Gasteiger partial charge in [-0.2, -0.15) is 21.6 Å². The first-order valence-electron chi connectivity index (χ1n) is 3.34. The monoisotopic (exact) mass is 236 g/mol. The van der Waals surface area contributed by atoms with E-state index in [2.05, 4.69) is 4.18 Å². The van der Waals surface area contributed by atoms with Crippen LogP contribution in [0.3, 0.4) is 0 Å². The smallest absolute Gasteiger partial charge is 0.479 e. The van der Waals surface area contributed by atoms with Crippen molar-refractivity contribution in [3.05, 3.63) is 0 Å². The number of carboxylic acids is 1. The van der Waals surface area contributed by atoms with Gasteiger partial charge in [-0.3, -0.25) is 0 Å². The third-order valence-electron chi connectivity index (χ3n) is 1.17. The summed E-state index contributed by atoms with van der Waals surface area (Å²) in [6, 6.07) is 0. The summed E-state index contributed by atoms with van der Waals surface area (Å²) in [5.74, 6) is -1.76. The Morgan fingerprint density at radius 3 is 2.14 bits per heavy atom. The van der Waals surface area contributed by atoms with Crippen LogP contribution in [0.2, 0.25) is 0 Å². The van der Waals surface area contributed by atoms with Crippen LogP contribution >= 0.6 is 0 Å². The third kappa shape index (κ3) is 3.14. The lowest BCUT2D eigenvalue weighted by Gasteiger charge is -2.12. The standard InChI is InChI=1S/C5H7F3O5S/c1-2-3(4(9)10)13-14(11,12)5(6,7)8/h3H,2H2,1H3,(H,9,10)/t3-/m0/s1. The van der Waals surface area contributed by atoms with Gasteiger partial charge in [0.25, 0.3) is 0 Å². The Labute approximate surface area is 77.6 Å². The highest BCUT2D eigenvalue weighted by atomic mass is 32.2. The van der Waals surface area contributed by atoms with Crippen LogP contribution in [0.4, 0.5) is 13.2 Å². The predicted molar refractivity (Wildman–Crippen MR) is 37.8 cm³/mol. The summed E-state index contributed by atoms with van der Waals surface area (Å²) < 4.78 is 59.2. The van der Waals surface area contributed by atoms with E-state index in [1.54, 1.807) is 0 Å². The van der Waals surface area contributed by atoms with Crippen molar-refractivity contribution < 1.29 is 35.7 Å². The second-order valence-electron chi connectivity index (χ2n) is 2.23. The van der Waals surface area contributed by atoms with E-state index in [0.717, 1.165) is 0 Å². The van der Waals surface area contributed by atoms with Gasteiger partial charge in [-0.05, 0) is 6.42 Å². The Morgan fingerprint density at radius 1 is 1.50 bits per heavy atom. The summed E-state index contributed by atoms with van der Waals surface area (Å²) in [6.07, 6.45) is -2.40. The molecule has 0 saturated carbocycles. The summed E-state index contributed by atoms with van der Waals surface area (Å²) in [6.45, 7) is 1.19. The van der Waals surface area contributed by atoms with Gasteiger partial charge >= 0.3 is 21.6 Å². The van der Waals surface area contributed by atoms with Crippen LogP contribution in [0.15, 0.2) is 0 Å². The van der Waals surface area contributed by atoms with E-state index < -0.39 is 27.7 Å². The summed E-state index contributed by atoms with van der Waals surface area (Å²) in [7, 11) is -5.83. The molecule has 0 aliphatic rings. The average molecular weight is 236 g/mol. The number of hydrogen-bond acceptors (Lipinski definition) is 4. The molecule has 0 amide bonds. The van der Waals surface area contributed by atoms with Gasteiger partial charge in [0.15, 0.2) is 6.10 Å². The fourth-order valence-electron chi connectivity index (χ4n) is 0.491. The third-order valence-corrected chi connectivity index (χ3v) is 2.23. The van der Waals surface area contributed by atoms with Crippen molar-refractivity contribution in [3.8, 4) is 0 Å². The van der Waals surface area contributed by atoms with E-state index in [0.29, 0.717) is 0 Å². The molecule has 14 heavy (non-hydrogen) atoms. The summed E-state index contributed by atoms with van der Waals surface area (Å²) in [5, 5.41) is 8.25. The van der Waals surface area contributed by atoms with Crippen LogP contribution in [0.25, 0.3) is 0 Å². The highest BCUT2D eigenvalue weighted by Crippen LogP contribution is 2.26. The van der Waals surface area contributed by atoms with Crippen molar-refractivity contribution >= 4 is 16.1 Å². The summed E-state index contributed by atoms with van der Waals surface area (Å²) in [4.78, 5) is 10.2. The maximum absolute atomic E-state index is 11.7. The van der Waals surface area contributed by atoms with E-state index in [-0.39, 0.29) is 6.42 Å². The van der Waals surface area contributed by atoms with E-state index >= 15 is 0 Å². The van der Waals surface area contributed by atoms with Crippen LogP contribution in [-0.4, -0.2) is 31.1 Å². The van der Waals surface area contributed by atoms with E-state index in [9.17, 15) is 26.4 Å². The minimum atomic E-state index is -5.83. The van der Waals surface area contributed by atoms with Gasteiger partial charge in [0.1, 0.15) is 0 Å². The molecule has 1 N–H and O–H groups in total. The molecule has 0 radical (unpaired) electrons. The molecule has 0 rings (SSSR count). The number of carbonyl (C=O) groups is 1. The quantitative estimate of drug-likeness (QED) is 0.574. The summed E-state index contributed by atoms with van der Waals surface area (Å²) >= 11 is 0. The Bertz CT molecular complexity index is 306. The molecule has 9 heteroatoms. The van der Waals surface area contributed by atoms with Gasteiger partial charge in [0.05, 0.1) is 0 Å². The molecule has 0 aromatic heterocycles. The molecule has 5 nitrogen and oxygen atoms in total. The molecule has 84 valence electrons. The van der Waals surface area contributed by atoms with Gasteiger partial charge in [0.2, 0.25) is 0 Å². The highest BCUT2D eigenvalue weighted by molar-refractivity contribution is 7.87. The van der Waals surface area contributed by atoms with Gasteiger partial charge < -0.3 is 5.11 Å². The first-order chi connectivity index (χ1) is 6.12. The largest absolute Gasteiger partial charge is 0.523 e. The minimum absolute atomic E-state index is 0.384. The van der Waals surface area contributed by atoms with Crippen molar-refractivity contribution in [1.82, 2.24) is 0 Å². The normalized spacial score (nSPS) is 15.1. The fraction of sp³-hybridized carbons (Fsp3) is 0.800. The lowest BCUT2D eigenvalue weighted by Crippen LogP contribution is -2.33. The molecule has 0 aromatic rings. The van der Waals surface area contributed by atoms with Crippen LogP contribution < -0.4 is 0 Å². The molecular weight excluding hydrogens is 229 g/mol. The van der Waals surface area contributed by atoms with Crippen molar-refractivity contribution in [2.24, 2.45) is 0 Å². The van der Waals surface area contributed by atoms with Gasteiger partial charge in [-0.15, -0.1) is 0 Å². The van der Waals surface area contributed by atoms with Gasteiger partial charge in [0, 0.05) is 0 Å². The van der Waals surface area contributed by atoms with E-state index in [1.165, 1.54) is 6.92 Å². The highest BCUT2D eigenvalue weighted by Gasteiger charge is 2.49. The number of carboxylic acid groups (broad SMARTS) is 1. The second kappa shape index (κ2) is 4.13. The minimum Gasteiger partial charge on any atom is -0.479 e. The maximum atomic E-state index is 11.7. The Balaban J connectivity index is 4.75. The molecule has 0 saturated heterocycles. The number of aliphatic carboxylic acids is 1. The zero-order valence-electron chi connectivity index (χ0n) is 6.91. The molecule has 0 aliphatic heterocycles. The predicted octanol–water partition coefficient (Wildman–Crippen LogP) is 0.716. The topological polar surface area (TPSA) is 80.7 Å². The molecule has 0 aromatic carbocycles. The zero-order chi connectivity index (χ0) is 11.6. The average Bonchev–Trinajstić information content (AvgIpc) is 1.97. The first kappa shape index (κ1) is 13.2. The maximum Gasteiger partial charge on any atom is 0.523 e. The number of halogens is 3. The number of hydrogen-bond donors (Lipinski definition) is 1.